The molecule has 18 heavy (non-hydrogen) atoms. The molecule has 1 N–H and O–H groups in total. The summed E-state index contributed by atoms with van der Waals surface area (Å²) in [5, 5.41) is 8.05. The van der Waals surface area contributed by atoms with Gasteiger partial charge in [0.15, 0.2) is 0 Å². The minimum Gasteiger partial charge on any atom is -0.317 e. The van der Waals surface area contributed by atoms with Crippen molar-refractivity contribution < 1.29 is 0 Å². The Balaban J connectivity index is 2.05. The fourth-order valence-corrected chi connectivity index (χ4v) is 3.18. The van der Waals surface area contributed by atoms with Gasteiger partial charge in [-0.2, -0.15) is 5.10 Å². The molecule has 1 heterocycles. The number of rotatable bonds is 6. The highest BCUT2D eigenvalue weighted by molar-refractivity contribution is 9.10. The predicted molar refractivity (Wildman–Crippen MR) is 78.8 cm³/mol. The summed E-state index contributed by atoms with van der Waals surface area (Å²) in [4.78, 5) is 0. The van der Waals surface area contributed by atoms with Crippen LogP contribution in [0.1, 0.15) is 44.0 Å². The van der Waals surface area contributed by atoms with Gasteiger partial charge in [0.05, 0.1) is 15.9 Å². The quantitative estimate of drug-likeness (QED) is 0.873. The molecule has 0 bridgehead atoms. The van der Waals surface area contributed by atoms with Crippen LogP contribution in [-0.2, 0) is 13.0 Å². The van der Waals surface area contributed by atoms with Crippen LogP contribution >= 0.6 is 15.9 Å². The monoisotopic (exact) mass is 313 g/mol. The van der Waals surface area contributed by atoms with Gasteiger partial charge in [-0.05, 0) is 49.2 Å². The molecule has 1 aliphatic carbocycles. The molecule has 0 spiro atoms. The molecule has 3 nitrogen and oxygen atoms in total. The van der Waals surface area contributed by atoms with E-state index in [2.05, 4.69) is 51.9 Å². The van der Waals surface area contributed by atoms with E-state index >= 15 is 0 Å². The molecule has 0 amide bonds. The van der Waals surface area contributed by atoms with Gasteiger partial charge < -0.3 is 5.32 Å². The van der Waals surface area contributed by atoms with Crippen molar-refractivity contribution in [1.29, 1.82) is 0 Å². The van der Waals surface area contributed by atoms with E-state index in [1.807, 2.05) is 0 Å². The highest BCUT2D eigenvalue weighted by atomic mass is 79.9. The van der Waals surface area contributed by atoms with Gasteiger partial charge in [-0.15, -0.1) is 0 Å². The molecule has 1 aromatic rings. The molecule has 1 atom stereocenters. The summed E-state index contributed by atoms with van der Waals surface area (Å²) in [5.74, 6) is 0.945. The molecule has 1 aromatic heterocycles. The van der Waals surface area contributed by atoms with Crippen molar-refractivity contribution in [2.45, 2.75) is 58.5 Å². The summed E-state index contributed by atoms with van der Waals surface area (Å²) >= 11 is 3.69. The lowest BCUT2D eigenvalue weighted by molar-refractivity contribution is 0.262. The van der Waals surface area contributed by atoms with E-state index in [4.69, 9.17) is 0 Å². The number of likely N-dealkylation sites (N-methyl/N-ethyl adjacent to an activating group) is 1. The maximum absolute atomic E-state index is 4.57. The summed E-state index contributed by atoms with van der Waals surface area (Å²) in [6.45, 7) is 5.17. The van der Waals surface area contributed by atoms with Crippen LogP contribution in [0.3, 0.4) is 0 Å². The van der Waals surface area contributed by atoms with Gasteiger partial charge in [-0.1, -0.05) is 19.3 Å². The largest absolute Gasteiger partial charge is 0.317 e. The van der Waals surface area contributed by atoms with Crippen LogP contribution in [0.25, 0.3) is 0 Å². The Hall–Kier alpha value is -0.350. The second-order valence-electron chi connectivity index (χ2n) is 5.38. The summed E-state index contributed by atoms with van der Waals surface area (Å²) in [6.07, 6.45) is 6.65. The highest BCUT2D eigenvalue weighted by Crippen LogP contribution is 2.32. The Kier molecular flexibility index (Phi) is 4.84. The molecule has 0 aliphatic heterocycles. The van der Waals surface area contributed by atoms with Crippen LogP contribution in [-0.4, -0.2) is 22.9 Å². The van der Waals surface area contributed by atoms with Gasteiger partial charge in [0, 0.05) is 19.0 Å². The Labute approximate surface area is 118 Å². The fourth-order valence-electron chi connectivity index (χ4n) is 2.73. The normalized spacial score (nSPS) is 17.8. The van der Waals surface area contributed by atoms with E-state index in [1.165, 1.54) is 35.8 Å². The number of hydrogen-bond acceptors (Lipinski definition) is 2. The molecular formula is C14H24BrN3. The lowest BCUT2D eigenvalue weighted by atomic mass is 9.80. The standard InChI is InChI=1S/C14H24BrN3/c1-4-18-13(14(15)10(2)17-18)9-12(16-3)8-11-6-5-7-11/h11-12,16H,4-9H2,1-3H3. The SMILES string of the molecule is CCn1nc(C)c(Br)c1CC(CC1CCC1)NC. The Morgan fingerprint density at radius 2 is 2.22 bits per heavy atom. The summed E-state index contributed by atoms with van der Waals surface area (Å²) in [7, 11) is 2.08. The Bertz CT molecular complexity index is 396. The van der Waals surface area contributed by atoms with Gasteiger partial charge in [0.25, 0.3) is 0 Å². The molecule has 0 saturated heterocycles. The molecule has 4 heteroatoms. The number of aryl methyl sites for hydroxylation is 2. The topological polar surface area (TPSA) is 29.9 Å². The first-order valence-corrected chi connectivity index (χ1v) is 7.84. The van der Waals surface area contributed by atoms with Crippen LogP contribution in [0.15, 0.2) is 4.47 Å². The average Bonchev–Trinajstić information content (AvgIpc) is 2.59. The van der Waals surface area contributed by atoms with E-state index in [0.29, 0.717) is 6.04 Å². The number of nitrogens with one attached hydrogen (secondary N) is 1. The summed E-state index contributed by atoms with van der Waals surface area (Å²) < 4.78 is 3.32. The minimum absolute atomic E-state index is 0.577. The number of nitrogens with zero attached hydrogens (tertiary/aromatic N) is 2. The van der Waals surface area contributed by atoms with Crippen LogP contribution in [0.5, 0.6) is 0 Å². The maximum Gasteiger partial charge on any atom is 0.0738 e. The first-order chi connectivity index (χ1) is 8.65. The minimum atomic E-state index is 0.577. The van der Waals surface area contributed by atoms with Crippen LogP contribution in [0, 0.1) is 12.8 Å². The molecular weight excluding hydrogens is 290 g/mol. The number of halogens is 1. The van der Waals surface area contributed by atoms with Gasteiger partial charge in [-0.3, -0.25) is 4.68 Å². The second kappa shape index (κ2) is 6.20. The summed E-state index contributed by atoms with van der Waals surface area (Å²) in [5.41, 5.74) is 2.44. The molecule has 0 aromatic carbocycles. The zero-order valence-electron chi connectivity index (χ0n) is 11.7. The number of aromatic nitrogens is 2. The Morgan fingerprint density at radius 3 is 2.72 bits per heavy atom. The van der Waals surface area contributed by atoms with E-state index in [9.17, 15) is 0 Å². The predicted octanol–water partition coefficient (Wildman–Crippen LogP) is 3.29. The van der Waals surface area contributed by atoms with Gasteiger partial charge in [0.2, 0.25) is 0 Å². The molecule has 1 fully saturated rings. The van der Waals surface area contributed by atoms with Crippen molar-refractivity contribution in [3.8, 4) is 0 Å². The first kappa shape index (κ1) is 14.1. The highest BCUT2D eigenvalue weighted by Gasteiger charge is 2.23. The van der Waals surface area contributed by atoms with Crippen molar-refractivity contribution in [1.82, 2.24) is 15.1 Å². The van der Waals surface area contributed by atoms with Crippen molar-refractivity contribution in [2.75, 3.05) is 7.05 Å². The molecule has 1 saturated carbocycles. The summed E-state index contributed by atoms with van der Waals surface area (Å²) in [6, 6.07) is 0.577. The Morgan fingerprint density at radius 1 is 1.50 bits per heavy atom. The molecule has 102 valence electrons. The average molecular weight is 314 g/mol. The third-order valence-electron chi connectivity index (χ3n) is 4.14. The third-order valence-corrected chi connectivity index (χ3v) is 5.17. The molecule has 0 radical (unpaired) electrons. The second-order valence-corrected chi connectivity index (χ2v) is 6.18. The van der Waals surface area contributed by atoms with E-state index in [0.717, 1.165) is 24.6 Å². The zero-order chi connectivity index (χ0) is 13.1. The number of hydrogen-bond donors (Lipinski definition) is 1. The van der Waals surface area contributed by atoms with Crippen molar-refractivity contribution in [2.24, 2.45) is 5.92 Å². The van der Waals surface area contributed by atoms with Crippen LogP contribution in [0.2, 0.25) is 0 Å². The van der Waals surface area contributed by atoms with Crippen molar-refractivity contribution in [3.63, 3.8) is 0 Å². The van der Waals surface area contributed by atoms with Crippen LogP contribution < -0.4 is 5.32 Å². The fraction of sp³-hybridized carbons (Fsp3) is 0.786. The molecule has 1 aliphatic rings. The van der Waals surface area contributed by atoms with Crippen LogP contribution in [0.4, 0.5) is 0 Å². The lowest BCUT2D eigenvalue weighted by Crippen LogP contribution is -2.32. The molecule has 1 unspecified atom stereocenters. The van der Waals surface area contributed by atoms with Gasteiger partial charge in [0.1, 0.15) is 0 Å². The third kappa shape index (κ3) is 2.97. The zero-order valence-corrected chi connectivity index (χ0v) is 13.3. The van der Waals surface area contributed by atoms with Crippen molar-refractivity contribution >= 4 is 15.9 Å². The van der Waals surface area contributed by atoms with Gasteiger partial charge in [-0.25, -0.2) is 0 Å². The smallest absolute Gasteiger partial charge is 0.0738 e. The first-order valence-electron chi connectivity index (χ1n) is 7.04. The van der Waals surface area contributed by atoms with Gasteiger partial charge >= 0.3 is 0 Å². The lowest BCUT2D eigenvalue weighted by Gasteiger charge is -2.29. The maximum atomic E-state index is 4.57. The van der Waals surface area contributed by atoms with E-state index in [-0.39, 0.29) is 0 Å². The van der Waals surface area contributed by atoms with E-state index < -0.39 is 0 Å². The molecule has 2 rings (SSSR count). The van der Waals surface area contributed by atoms with E-state index in [1.54, 1.807) is 0 Å². The van der Waals surface area contributed by atoms with Crippen molar-refractivity contribution in [3.05, 3.63) is 15.9 Å².